The Hall–Kier alpha value is 0.150. The summed E-state index contributed by atoms with van der Waals surface area (Å²) >= 11 is 3.57. The minimum absolute atomic E-state index is 0.0679. The lowest BCUT2D eigenvalue weighted by Gasteiger charge is -2.60. The second kappa shape index (κ2) is 2.82. The minimum atomic E-state index is -0.0679. The topological polar surface area (TPSA) is 17.1 Å². The van der Waals surface area contributed by atoms with Gasteiger partial charge < -0.3 is 0 Å². The van der Waals surface area contributed by atoms with Crippen molar-refractivity contribution in [2.75, 3.05) is 0 Å². The van der Waals surface area contributed by atoms with Gasteiger partial charge in [-0.25, -0.2) is 0 Å². The second-order valence-corrected chi connectivity index (χ2v) is 5.98. The highest BCUT2D eigenvalue weighted by atomic mass is 79.9. The van der Waals surface area contributed by atoms with E-state index in [4.69, 9.17) is 0 Å². The molecule has 0 bridgehead atoms. The molecule has 0 aromatic rings. The van der Waals surface area contributed by atoms with E-state index in [-0.39, 0.29) is 10.2 Å². The molecule has 2 saturated carbocycles. The predicted octanol–water partition coefficient (Wildman–Crippen LogP) is 3.31. The fourth-order valence-corrected chi connectivity index (χ4v) is 4.72. The van der Waals surface area contributed by atoms with Crippen molar-refractivity contribution in [2.45, 2.75) is 50.8 Å². The Morgan fingerprint density at radius 3 is 2.23 bits per heavy atom. The molecule has 0 heterocycles. The Labute approximate surface area is 88.4 Å². The maximum atomic E-state index is 11.7. The van der Waals surface area contributed by atoms with Crippen molar-refractivity contribution >= 4 is 21.7 Å². The molecule has 1 unspecified atom stereocenters. The fraction of sp³-hybridized carbons (Fsp3) is 0.909. The molecule has 2 heteroatoms. The third-order valence-corrected chi connectivity index (χ3v) is 5.61. The van der Waals surface area contributed by atoms with Crippen LogP contribution in [0.2, 0.25) is 0 Å². The summed E-state index contributed by atoms with van der Waals surface area (Å²) in [5, 5.41) is 0. The number of carbonyl (C=O) groups is 1. The maximum Gasteiger partial charge on any atom is 0.153 e. The smallest absolute Gasteiger partial charge is 0.153 e. The van der Waals surface area contributed by atoms with Crippen molar-refractivity contribution in [2.24, 2.45) is 10.8 Å². The zero-order chi connectivity index (χ0) is 9.69. The molecule has 0 aliphatic heterocycles. The molecule has 2 rings (SSSR count). The summed E-state index contributed by atoms with van der Waals surface area (Å²) in [4.78, 5) is 11.9. The number of hydrogen-bond donors (Lipinski definition) is 0. The Bertz CT molecular complexity index is 238. The summed E-state index contributed by atoms with van der Waals surface area (Å²) in [5.74, 6) is 0.411. The lowest BCUT2D eigenvalue weighted by molar-refractivity contribution is -0.157. The summed E-state index contributed by atoms with van der Waals surface area (Å²) in [6.07, 6.45) is 6.44. The molecule has 0 saturated heterocycles. The Morgan fingerprint density at radius 1 is 1.23 bits per heavy atom. The van der Waals surface area contributed by atoms with Crippen LogP contribution in [0.5, 0.6) is 0 Å². The lowest BCUT2D eigenvalue weighted by atomic mass is 9.45. The number of Topliss-reactive ketones (excluding diaryl/α,β-unsaturated/α-hetero) is 1. The zero-order valence-electron chi connectivity index (χ0n) is 8.40. The summed E-state index contributed by atoms with van der Waals surface area (Å²) in [5.41, 5.74) is 0.226. The largest absolute Gasteiger partial charge is 0.298 e. The number of rotatable bonds is 0. The zero-order valence-corrected chi connectivity index (χ0v) is 9.99. The number of halogens is 1. The van der Waals surface area contributed by atoms with Gasteiger partial charge in [-0.15, -0.1) is 0 Å². The summed E-state index contributed by atoms with van der Waals surface area (Å²) < 4.78 is 0. The average molecular weight is 245 g/mol. The first-order chi connectivity index (χ1) is 6.02. The summed E-state index contributed by atoms with van der Waals surface area (Å²) in [6, 6.07) is 0. The van der Waals surface area contributed by atoms with E-state index in [1.165, 1.54) is 32.1 Å². The molecule has 0 aromatic heterocycles. The standard InChI is InChI=1S/C11H17BrO/c1-10(2)9(13)8(12)11(10)6-4-3-5-7-11/h8H,3-7H2,1-2H3. The second-order valence-electron chi connectivity index (χ2n) is 5.07. The van der Waals surface area contributed by atoms with E-state index < -0.39 is 0 Å². The highest BCUT2D eigenvalue weighted by Gasteiger charge is 2.65. The quantitative estimate of drug-likeness (QED) is 0.598. The molecule has 0 N–H and O–H groups in total. The molecule has 1 nitrogen and oxygen atoms in total. The summed E-state index contributed by atoms with van der Waals surface area (Å²) in [7, 11) is 0. The number of carbonyl (C=O) groups excluding carboxylic acids is 1. The first kappa shape index (κ1) is 9.70. The van der Waals surface area contributed by atoms with E-state index in [1.54, 1.807) is 0 Å². The Morgan fingerprint density at radius 2 is 1.77 bits per heavy atom. The third-order valence-electron chi connectivity index (χ3n) is 4.32. The first-order valence-corrected chi connectivity index (χ1v) is 6.12. The van der Waals surface area contributed by atoms with Gasteiger partial charge >= 0.3 is 0 Å². The molecule has 1 spiro atoms. The van der Waals surface area contributed by atoms with Gasteiger partial charge in [0.1, 0.15) is 0 Å². The van der Waals surface area contributed by atoms with E-state index in [9.17, 15) is 4.79 Å². The first-order valence-electron chi connectivity index (χ1n) is 5.21. The fourth-order valence-electron chi connectivity index (χ4n) is 3.11. The van der Waals surface area contributed by atoms with Crippen LogP contribution in [0.1, 0.15) is 46.0 Å². The highest BCUT2D eigenvalue weighted by Crippen LogP contribution is 2.63. The van der Waals surface area contributed by atoms with Crippen molar-refractivity contribution in [3.8, 4) is 0 Å². The van der Waals surface area contributed by atoms with E-state index in [0.717, 1.165) is 0 Å². The van der Waals surface area contributed by atoms with Crippen LogP contribution in [0, 0.1) is 10.8 Å². The average Bonchev–Trinajstić information content (AvgIpc) is 2.16. The van der Waals surface area contributed by atoms with Gasteiger partial charge in [0.05, 0.1) is 4.83 Å². The van der Waals surface area contributed by atoms with Gasteiger partial charge in [-0.05, 0) is 12.8 Å². The van der Waals surface area contributed by atoms with E-state index in [1.807, 2.05) is 0 Å². The number of ketones is 1. The van der Waals surface area contributed by atoms with E-state index in [0.29, 0.717) is 11.2 Å². The molecule has 2 aliphatic rings. The van der Waals surface area contributed by atoms with Gasteiger partial charge in [-0.2, -0.15) is 0 Å². The maximum absolute atomic E-state index is 11.7. The lowest BCUT2D eigenvalue weighted by Crippen LogP contribution is -2.65. The third kappa shape index (κ3) is 1.01. The molecule has 13 heavy (non-hydrogen) atoms. The van der Waals surface area contributed by atoms with Crippen LogP contribution in [0.4, 0.5) is 0 Å². The molecule has 74 valence electrons. The van der Waals surface area contributed by atoms with Crippen molar-refractivity contribution in [1.29, 1.82) is 0 Å². The van der Waals surface area contributed by atoms with E-state index in [2.05, 4.69) is 29.8 Å². The van der Waals surface area contributed by atoms with E-state index >= 15 is 0 Å². The molecular weight excluding hydrogens is 228 g/mol. The highest BCUT2D eigenvalue weighted by molar-refractivity contribution is 9.10. The van der Waals surface area contributed by atoms with Gasteiger partial charge in [-0.1, -0.05) is 49.0 Å². The van der Waals surface area contributed by atoms with Crippen molar-refractivity contribution in [1.82, 2.24) is 0 Å². The van der Waals surface area contributed by atoms with Crippen LogP contribution in [-0.2, 0) is 4.79 Å². The Kier molecular flexibility index (Phi) is 2.10. The van der Waals surface area contributed by atoms with Crippen molar-refractivity contribution < 1.29 is 4.79 Å². The molecule has 2 fully saturated rings. The SMILES string of the molecule is CC1(C)C(=O)C(Br)C12CCCCC2. The predicted molar refractivity (Wildman–Crippen MR) is 57.0 cm³/mol. The van der Waals surface area contributed by atoms with Crippen LogP contribution in [0.25, 0.3) is 0 Å². The van der Waals surface area contributed by atoms with Gasteiger partial charge in [0.2, 0.25) is 0 Å². The van der Waals surface area contributed by atoms with Gasteiger partial charge in [0.15, 0.2) is 5.78 Å². The van der Waals surface area contributed by atoms with Gasteiger partial charge in [0.25, 0.3) is 0 Å². The van der Waals surface area contributed by atoms with Gasteiger partial charge in [-0.3, -0.25) is 4.79 Å². The van der Waals surface area contributed by atoms with Crippen molar-refractivity contribution in [3.05, 3.63) is 0 Å². The molecule has 0 aromatic carbocycles. The monoisotopic (exact) mass is 244 g/mol. The Balaban J connectivity index is 2.26. The number of alkyl halides is 1. The molecular formula is C11H17BrO. The number of hydrogen-bond acceptors (Lipinski definition) is 1. The van der Waals surface area contributed by atoms with Crippen LogP contribution in [0.3, 0.4) is 0 Å². The molecule has 0 amide bonds. The van der Waals surface area contributed by atoms with Gasteiger partial charge in [0, 0.05) is 10.8 Å². The van der Waals surface area contributed by atoms with Crippen LogP contribution >= 0.6 is 15.9 Å². The molecule has 2 aliphatic carbocycles. The minimum Gasteiger partial charge on any atom is -0.298 e. The summed E-state index contributed by atoms with van der Waals surface area (Å²) in [6.45, 7) is 4.25. The normalized spacial score (nSPS) is 35.9. The molecule has 0 radical (unpaired) electrons. The molecule has 1 atom stereocenters. The van der Waals surface area contributed by atoms with Crippen LogP contribution in [-0.4, -0.2) is 10.6 Å². The van der Waals surface area contributed by atoms with Crippen LogP contribution in [0.15, 0.2) is 0 Å². The van der Waals surface area contributed by atoms with Crippen LogP contribution < -0.4 is 0 Å². The van der Waals surface area contributed by atoms with Crippen molar-refractivity contribution in [3.63, 3.8) is 0 Å².